The van der Waals surface area contributed by atoms with Crippen LogP contribution in [0.25, 0.3) is 17.6 Å². The van der Waals surface area contributed by atoms with E-state index in [4.69, 9.17) is 0 Å². The van der Waals surface area contributed by atoms with E-state index in [0.717, 1.165) is 42.5 Å². The number of nitrogens with zero attached hydrogens (tertiary/aromatic N) is 3. The quantitative estimate of drug-likeness (QED) is 0.541. The number of fused-ring (bicyclic) bond motifs is 2. The lowest BCUT2D eigenvalue weighted by Crippen LogP contribution is -3.23. The third-order valence-corrected chi connectivity index (χ3v) is 5.47. The largest absolute Gasteiger partial charge is 0.416 e. The molecule has 13 heteroatoms. The molecule has 1 aliphatic carbocycles. The molecule has 1 aliphatic heterocycles. The predicted molar refractivity (Wildman–Crippen MR) is 96.0 cm³/mol. The Morgan fingerprint density at radius 3 is 2.31 bits per heavy atom. The van der Waals surface area contributed by atoms with Gasteiger partial charge in [0.05, 0.1) is 17.0 Å². The smallest absolute Gasteiger partial charge is 0.265 e. The minimum atomic E-state index is -4.99. The number of nitrogens with one attached hydrogen (secondary N) is 2. The second-order valence-electron chi connectivity index (χ2n) is 7.63. The van der Waals surface area contributed by atoms with Gasteiger partial charge in [0.25, 0.3) is 5.91 Å². The van der Waals surface area contributed by atoms with Gasteiger partial charge in [0.2, 0.25) is 0 Å². The number of benzene rings is 1. The Kier molecular flexibility index (Phi) is 5.31. The van der Waals surface area contributed by atoms with Gasteiger partial charge in [-0.1, -0.05) is 0 Å². The fraction of sp³-hybridized carbons (Fsp3) is 0.368. The lowest BCUT2D eigenvalue weighted by atomic mass is 10.0. The molecule has 2 fully saturated rings. The summed E-state index contributed by atoms with van der Waals surface area (Å²) in [4.78, 5) is 27.9. The van der Waals surface area contributed by atoms with Gasteiger partial charge in [-0.15, -0.1) is 5.10 Å². The van der Waals surface area contributed by atoms with Crippen LogP contribution in [0.15, 0.2) is 30.6 Å². The molecule has 1 saturated heterocycles. The van der Waals surface area contributed by atoms with Crippen molar-refractivity contribution in [2.45, 2.75) is 37.7 Å². The van der Waals surface area contributed by atoms with Gasteiger partial charge < -0.3 is 0 Å². The Hall–Kier alpha value is -3.22. The summed E-state index contributed by atoms with van der Waals surface area (Å²) in [6.07, 6.45) is -4.42. The molecule has 1 aromatic carbocycles. The van der Waals surface area contributed by atoms with E-state index in [0.29, 0.717) is 17.1 Å². The molecule has 170 valence electrons. The fourth-order valence-corrected chi connectivity index (χ4v) is 3.95. The minimum Gasteiger partial charge on any atom is -0.265 e. The maximum absolute atomic E-state index is 13.0. The van der Waals surface area contributed by atoms with Crippen molar-refractivity contribution < 1.29 is 40.9 Å². The van der Waals surface area contributed by atoms with Crippen LogP contribution >= 0.6 is 0 Å². The number of hydrogen-bond acceptors (Lipinski definition) is 4. The first kappa shape index (κ1) is 22.0. The Balaban J connectivity index is 1.51. The van der Waals surface area contributed by atoms with Crippen molar-refractivity contribution in [3.05, 3.63) is 41.7 Å². The topological polar surface area (TPSA) is 81.3 Å². The number of alkyl halides is 6. The van der Waals surface area contributed by atoms with E-state index in [-0.39, 0.29) is 29.8 Å². The second-order valence-corrected chi connectivity index (χ2v) is 7.63. The lowest BCUT2D eigenvalue weighted by Gasteiger charge is -2.20. The fourth-order valence-electron chi connectivity index (χ4n) is 3.95. The molecule has 3 atom stereocenters. The molecule has 2 N–H and O–H groups in total. The highest BCUT2D eigenvalue weighted by atomic mass is 19.4. The van der Waals surface area contributed by atoms with Crippen LogP contribution in [0.1, 0.15) is 30.4 Å². The molecule has 1 unspecified atom stereocenters. The van der Waals surface area contributed by atoms with E-state index >= 15 is 0 Å². The van der Waals surface area contributed by atoms with Gasteiger partial charge in [0, 0.05) is 30.7 Å². The molecule has 2 aliphatic rings. The molecule has 32 heavy (non-hydrogen) atoms. The van der Waals surface area contributed by atoms with Crippen LogP contribution in [0.4, 0.5) is 26.3 Å². The zero-order valence-electron chi connectivity index (χ0n) is 16.2. The number of aromatic nitrogens is 3. The number of rotatable bonds is 4. The predicted octanol–water partition coefficient (Wildman–Crippen LogP) is 2.08. The van der Waals surface area contributed by atoms with Crippen LogP contribution in [0, 0.1) is 5.92 Å². The summed E-state index contributed by atoms with van der Waals surface area (Å²) >= 11 is 0. The SMILES string of the molecule is O=C(/C=C\n1cnc(-c2cc(C(F)(F)F)cc(C(F)(F)F)c2)n1)N[NH+]1C(=O)[C@@H]2CC[C@H]1C2. The number of hydrogen-bond donors (Lipinski definition) is 2. The van der Waals surface area contributed by atoms with E-state index < -0.39 is 35.0 Å². The van der Waals surface area contributed by atoms with Gasteiger partial charge in [-0.25, -0.2) is 14.5 Å². The molecule has 2 bridgehead atoms. The van der Waals surface area contributed by atoms with Gasteiger partial charge in [-0.2, -0.15) is 36.8 Å². The van der Waals surface area contributed by atoms with Crippen molar-refractivity contribution in [1.29, 1.82) is 0 Å². The van der Waals surface area contributed by atoms with Gasteiger partial charge in [0.1, 0.15) is 12.4 Å². The summed E-state index contributed by atoms with van der Waals surface area (Å²) in [6.45, 7) is 0. The zero-order chi connectivity index (χ0) is 23.3. The summed E-state index contributed by atoms with van der Waals surface area (Å²) in [6, 6.07) is 1.08. The first-order chi connectivity index (χ1) is 14.9. The highest BCUT2D eigenvalue weighted by Crippen LogP contribution is 2.38. The number of quaternary nitrogens is 1. The highest BCUT2D eigenvalue weighted by Gasteiger charge is 2.51. The Bertz CT molecular complexity index is 1060. The van der Waals surface area contributed by atoms with E-state index in [2.05, 4.69) is 15.5 Å². The summed E-state index contributed by atoms with van der Waals surface area (Å²) in [5.74, 6) is -1.11. The third-order valence-electron chi connectivity index (χ3n) is 5.47. The highest BCUT2D eigenvalue weighted by molar-refractivity contribution is 5.90. The standard InChI is InChI=1S/C19H15F6N5O2/c20-18(21,22)12-5-11(6-13(8-12)19(23,24)25)16-26-9-29(28-16)4-3-15(31)27-30-14-2-1-10(7-14)17(30)32/h3-6,8-10,14H,1-2,7H2,(H,27,31)/p+1/b4-3-/t10-,14+/m1/s1. The number of carbonyl (C=O) groups is 2. The van der Waals surface area contributed by atoms with Gasteiger partial charge in [-0.3, -0.25) is 4.79 Å². The molecule has 0 radical (unpaired) electrons. The molecule has 2 aromatic rings. The summed E-state index contributed by atoms with van der Waals surface area (Å²) in [5, 5.41) is 4.19. The van der Waals surface area contributed by atoms with Gasteiger partial charge in [0.15, 0.2) is 5.82 Å². The van der Waals surface area contributed by atoms with Crippen LogP contribution in [0.2, 0.25) is 0 Å². The maximum Gasteiger partial charge on any atom is 0.416 e. The van der Waals surface area contributed by atoms with Crippen molar-refractivity contribution in [1.82, 2.24) is 20.2 Å². The molecule has 1 saturated carbocycles. The van der Waals surface area contributed by atoms with Crippen molar-refractivity contribution in [3.8, 4) is 11.4 Å². The Morgan fingerprint density at radius 2 is 1.75 bits per heavy atom. The van der Waals surface area contributed by atoms with Crippen molar-refractivity contribution in [2.75, 3.05) is 0 Å². The molecule has 4 rings (SSSR count). The minimum absolute atomic E-state index is 0.0133. The van der Waals surface area contributed by atoms with Gasteiger partial charge >= 0.3 is 18.3 Å². The first-order valence-electron chi connectivity index (χ1n) is 9.53. The van der Waals surface area contributed by atoms with Crippen molar-refractivity contribution in [3.63, 3.8) is 0 Å². The molecule has 0 spiro atoms. The molecule has 1 aromatic heterocycles. The van der Waals surface area contributed by atoms with E-state index in [9.17, 15) is 35.9 Å². The number of amides is 2. The van der Waals surface area contributed by atoms with Crippen molar-refractivity contribution >= 4 is 18.0 Å². The van der Waals surface area contributed by atoms with E-state index in [1.54, 1.807) is 0 Å². The zero-order valence-corrected chi connectivity index (χ0v) is 16.2. The van der Waals surface area contributed by atoms with Crippen molar-refractivity contribution in [2.24, 2.45) is 5.92 Å². The number of piperidine rings is 1. The Morgan fingerprint density at radius 1 is 1.09 bits per heavy atom. The molecular formula is C19H16F6N5O2+. The molecular weight excluding hydrogens is 444 g/mol. The van der Waals surface area contributed by atoms with Crippen LogP contribution in [-0.2, 0) is 21.9 Å². The van der Waals surface area contributed by atoms with Crippen LogP contribution in [0.5, 0.6) is 0 Å². The molecule has 2 heterocycles. The summed E-state index contributed by atoms with van der Waals surface area (Å²) in [7, 11) is 0. The van der Waals surface area contributed by atoms with Crippen LogP contribution in [0.3, 0.4) is 0 Å². The van der Waals surface area contributed by atoms with Crippen LogP contribution < -0.4 is 10.4 Å². The molecule has 7 nitrogen and oxygen atoms in total. The Labute approximate surface area is 176 Å². The number of carbonyl (C=O) groups excluding carboxylic acids is 2. The second kappa shape index (κ2) is 7.73. The summed E-state index contributed by atoms with van der Waals surface area (Å²) < 4.78 is 79.1. The molecule has 2 amide bonds. The average molecular weight is 460 g/mol. The average Bonchev–Trinajstić information content (AvgIpc) is 3.43. The van der Waals surface area contributed by atoms with Crippen LogP contribution in [-0.4, -0.2) is 32.6 Å². The first-order valence-corrected chi connectivity index (χ1v) is 9.53. The monoisotopic (exact) mass is 460 g/mol. The van der Waals surface area contributed by atoms with E-state index in [1.165, 1.54) is 0 Å². The summed E-state index contributed by atoms with van der Waals surface area (Å²) in [5.41, 5.74) is -0.903. The maximum atomic E-state index is 13.0. The van der Waals surface area contributed by atoms with Gasteiger partial charge in [-0.05, 0) is 24.6 Å². The van der Waals surface area contributed by atoms with E-state index in [1.807, 2.05) is 0 Å². The third kappa shape index (κ3) is 4.38. The number of halogens is 6. The lowest BCUT2D eigenvalue weighted by molar-refractivity contribution is -0.878. The normalized spacial score (nSPS) is 23.3.